The fraction of sp³-hybridized carbons (Fsp3) is 0.259. The van der Waals surface area contributed by atoms with Gasteiger partial charge in [0.15, 0.2) is 0 Å². The highest BCUT2D eigenvalue weighted by atomic mass is 35.5. The molecule has 11 heteroatoms. The molecule has 7 nitrogen and oxygen atoms in total. The molecule has 0 unspecified atom stereocenters. The van der Waals surface area contributed by atoms with Gasteiger partial charge in [0.1, 0.15) is 12.6 Å². The van der Waals surface area contributed by atoms with Gasteiger partial charge in [-0.25, -0.2) is 8.42 Å². The predicted molar refractivity (Wildman–Crippen MR) is 152 cm³/mol. The molecule has 0 fully saturated rings. The molecule has 202 valence electrons. The number of benzene rings is 3. The molecule has 0 saturated heterocycles. The summed E-state index contributed by atoms with van der Waals surface area (Å²) in [5, 5.41) is 3.74. The molecule has 0 aliphatic rings. The Kier molecular flexibility index (Phi) is 10.1. The molecule has 1 atom stereocenters. The van der Waals surface area contributed by atoms with Gasteiger partial charge < -0.3 is 10.2 Å². The number of carbonyl (C=O) groups excluding carboxylic acids is 2. The molecule has 3 aromatic rings. The first-order valence-corrected chi connectivity index (χ1v) is 14.3. The van der Waals surface area contributed by atoms with E-state index in [1.54, 1.807) is 49.4 Å². The van der Waals surface area contributed by atoms with Gasteiger partial charge in [-0.1, -0.05) is 65.1 Å². The molecule has 3 rings (SSSR count). The summed E-state index contributed by atoms with van der Waals surface area (Å²) in [6.45, 7) is 4.68. The van der Waals surface area contributed by atoms with E-state index < -0.39 is 28.5 Å². The van der Waals surface area contributed by atoms with Gasteiger partial charge in [-0.05, 0) is 68.8 Å². The minimum Gasteiger partial charge on any atom is -0.352 e. The number of halogens is 3. The van der Waals surface area contributed by atoms with Crippen LogP contribution in [0.4, 0.5) is 5.69 Å². The summed E-state index contributed by atoms with van der Waals surface area (Å²) in [4.78, 5) is 28.1. The van der Waals surface area contributed by atoms with E-state index in [4.69, 9.17) is 34.8 Å². The van der Waals surface area contributed by atoms with E-state index in [2.05, 4.69) is 5.32 Å². The number of carbonyl (C=O) groups is 2. The lowest BCUT2D eigenvalue weighted by atomic mass is 10.1. The van der Waals surface area contributed by atoms with Crippen molar-refractivity contribution in [2.75, 3.05) is 10.8 Å². The van der Waals surface area contributed by atoms with Crippen LogP contribution in [0.3, 0.4) is 0 Å². The van der Waals surface area contributed by atoms with Crippen molar-refractivity contribution < 1.29 is 18.0 Å². The molecular formula is C27H28Cl3N3O4S. The summed E-state index contributed by atoms with van der Waals surface area (Å²) < 4.78 is 28.4. The molecule has 0 saturated carbocycles. The predicted octanol–water partition coefficient (Wildman–Crippen LogP) is 5.78. The Morgan fingerprint density at radius 1 is 0.842 bits per heavy atom. The van der Waals surface area contributed by atoms with Crippen molar-refractivity contribution in [2.45, 2.75) is 44.3 Å². The number of anilines is 1. The number of hydrogen-bond acceptors (Lipinski definition) is 4. The normalized spacial score (nSPS) is 12.2. The van der Waals surface area contributed by atoms with Gasteiger partial charge >= 0.3 is 0 Å². The Morgan fingerprint density at radius 2 is 1.42 bits per heavy atom. The van der Waals surface area contributed by atoms with Gasteiger partial charge in [-0.15, -0.1) is 0 Å². The first-order chi connectivity index (χ1) is 17.9. The number of rotatable bonds is 10. The Morgan fingerprint density at radius 3 is 1.97 bits per heavy atom. The average Bonchev–Trinajstić information content (AvgIpc) is 2.85. The van der Waals surface area contributed by atoms with Crippen LogP contribution in [0.15, 0.2) is 77.7 Å². The van der Waals surface area contributed by atoms with E-state index in [-0.39, 0.29) is 39.1 Å². The van der Waals surface area contributed by atoms with E-state index in [0.29, 0.717) is 5.02 Å². The van der Waals surface area contributed by atoms with Gasteiger partial charge in [0, 0.05) is 27.7 Å². The van der Waals surface area contributed by atoms with E-state index in [1.807, 2.05) is 13.8 Å². The van der Waals surface area contributed by atoms with Crippen LogP contribution in [0.2, 0.25) is 15.1 Å². The first kappa shape index (κ1) is 29.8. The molecule has 0 spiro atoms. The number of nitrogens with one attached hydrogen (secondary N) is 1. The van der Waals surface area contributed by atoms with Crippen LogP contribution in [0, 0.1) is 0 Å². The van der Waals surface area contributed by atoms with Crippen molar-refractivity contribution in [1.82, 2.24) is 10.2 Å². The molecule has 0 aliphatic heterocycles. The maximum absolute atomic E-state index is 13.8. The lowest BCUT2D eigenvalue weighted by molar-refractivity contribution is -0.139. The smallest absolute Gasteiger partial charge is 0.264 e. The quantitative estimate of drug-likeness (QED) is 0.321. The zero-order chi connectivity index (χ0) is 28.0. The molecule has 38 heavy (non-hydrogen) atoms. The monoisotopic (exact) mass is 595 g/mol. The van der Waals surface area contributed by atoms with Crippen LogP contribution in [0.25, 0.3) is 0 Å². The lowest BCUT2D eigenvalue weighted by Crippen LogP contribution is -2.52. The maximum atomic E-state index is 13.8. The summed E-state index contributed by atoms with van der Waals surface area (Å²) in [5.41, 5.74) is 0.834. The zero-order valence-electron chi connectivity index (χ0n) is 21.1. The molecule has 0 aliphatic carbocycles. The SMILES string of the molecule is CC(C)NC(=O)[C@@H](C)N(Cc1ccc(Cl)cc1)C(=O)CN(c1cc(Cl)cc(Cl)c1)S(=O)(=O)c1ccccc1. The Balaban J connectivity index is 2.05. The summed E-state index contributed by atoms with van der Waals surface area (Å²) >= 11 is 18.4. The van der Waals surface area contributed by atoms with E-state index in [9.17, 15) is 18.0 Å². The molecule has 0 radical (unpaired) electrons. The zero-order valence-corrected chi connectivity index (χ0v) is 24.2. The highest BCUT2D eigenvalue weighted by molar-refractivity contribution is 7.92. The van der Waals surface area contributed by atoms with Gasteiger partial charge in [0.2, 0.25) is 11.8 Å². The number of amides is 2. The van der Waals surface area contributed by atoms with Crippen molar-refractivity contribution in [1.29, 1.82) is 0 Å². The highest BCUT2D eigenvalue weighted by Gasteiger charge is 2.33. The lowest BCUT2D eigenvalue weighted by Gasteiger charge is -2.32. The second kappa shape index (κ2) is 12.8. The fourth-order valence-corrected chi connectivity index (χ4v) is 5.77. The van der Waals surface area contributed by atoms with Crippen molar-refractivity contribution in [3.05, 3.63) is 93.4 Å². The summed E-state index contributed by atoms with van der Waals surface area (Å²) in [6, 6.07) is 17.8. The van der Waals surface area contributed by atoms with E-state index in [0.717, 1.165) is 9.87 Å². The van der Waals surface area contributed by atoms with Crippen molar-refractivity contribution in [3.63, 3.8) is 0 Å². The molecule has 1 N–H and O–H groups in total. The Labute approximate surface area is 238 Å². The number of sulfonamides is 1. The number of hydrogen-bond donors (Lipinski definition) is 1. The molecule has 2 amide bonds. The largest absolute Gasteiger partial charge is 0.352 e. The van der Waals surface area contributed by atoms with Gasteiger partial charge in [0.25, 0.3) is 10.0 Å². The third kappa shape index (κ3) is 7.63. The highest BCUT2D eigenvalue weighted by Crippen LogP contribution is 2.30. The van der Waals surface area contributed by atoms with Crippen molar-refractivity contribution in [3.8, 4) is 0 Å². The topological polar surface area (TPSA) is 86.8 Å². The second-order valence-electron chi connectivity index (χ2n) is 8.94. The van der Waals surface area contributed by atoms with Gasteiger partial charge in [-0.3, -0.25) is 13.9 Å². The maximum Gasteiger partial charge on any atom is 0.264 e. The molecule has 0 heterocycles. The molecule has 3 aromatic carbocycles. The Bertz CT molecular complexity index is 1360. The molecule has 0 bridgehead atoms. The van der Waals surface area contributed by atoms with Crippen LogP contribution < -0.4 is 9.62 Å². The van der Waals surface area contributed by atoms with Crippen LogP contribution in [0.1, 0.15) is 26.3 Å². The van der Waals surface area contributed by atoms with E-state index >= 15 is 0 Å². The number of nitrogens with zero attached hydrogens (tertiary/aromatic N) is 2. The van der Waals surface area contributed by atoms with Crippen LogP contribution in [-0.4, -0.2) is 43.8 Å². The molecular weight excluding hydrogens is 569 g/mol. The third-order valence-corrected chi connectivity index (χ3v) is 8.09. The third-order valence-electron chi connectivity index (χ3n) is 5.61. The van der Waals surface area contributed by atoms with Crippen LogP contribution in [-0.2, 0) is 26.2 Å². The van der Waals surface area contributed by atoms with Gasteiger partial charge in [-0.2, -0.15) is 0 Å². The summed E-state index contributed by atoms with van der Waals surface area (Å²) in [7, 11) is -4.21. The standard InChI is InChI=1S/C27H28Cl3N3O4S/c1-18(2)31-27(35)19(3)32(16-20-9-11-21(28)12-10-20)26(34)17-33(24-14-22(29)13-23(30)15-24)38(36,37)25-7-5-4-6-8-25/h4-15,18-19H,16-17H2,1-3H3,(H,31,35)/t19-/m1/s1. The van der Waals surface area contributed by atoms with Crippen molar-refractivity contribution >= 4 is 62.3 Å². The van der Waals surface area contributed by atoms with Gasteiger partial charge in [0.05, 0.1) is 10.6 Å². The summed E-state index contributed by atoms with van der Waals surface area (Å²) in [6.07, 6.45) is 0. The Hall–Kier alpha value is -2.78. The minimum atomic E-state index is -4.21. The average molecular weight is 597 g/mol. The second-order valence-corrected chi connectivity index (χ2v) is 12.1. The van der Waals surface area contributed by atoms with Crippen LogP contribution >= 0.6 is 34.8 Å². The van der Waals surface area contributed by atoms with E-state index in [1.165, 1.54) is 35.2 Å². The fourth-order valence-electron chi connectivity index (χ4n) is 3.71. The minimum absolute atomic E-state index is 0.0150. The molecule has 0 aromatic heterocycles. The van der Waals surface area contributed by atoms with Crippen LogP contribution in [0.5, 0.6) is 0 Å². The summed E-state index contributed by atoms with van der Waals surface area (Å²) in [5.74, 6) is -0.965. The first-order valence-electron chi connectivity index (χ1n) is 11.8. The van der Waals surface area contributed by atoms with Crippen molar-refractivity contribution in [2.24, 2.45) is 0 Å².